The Labute approximate surface area is 158 Å². The Kier molecular flexibility index (Phi) is 5.09. The molecule has 6 nitrogen and oxygen atoms in total. The first-order valence-corrected chi connectivity index (χ1v) is 10.5. The molecule has 2 aromatic rings. The molecule has 2 unspecified atom stereocenters. The van der Waals surface area contributed by atoms with Gasteiger partial charge in [-0.05, 0) is 44.6 Å². The number of thiophene rings is 1. The summed E-state index contributed by atoms with van der Waals surface area (Å²) in [5.74, 6) is 1.32. The van der Waals surface area contributed by atoms with Gasteiger partial charge >= 0.3 is 0 Å². The summed E-state index contributed by atoms with van der Waals surface area (Å²) in [4.78, 5) is 29.5. The van der Waals surface area contributed by atoms with Crippen LogP contribution < -0.4 is 4.90 Å². The molecule has 0 aromatic carbocycles. The third-order valence-corrected chi connectivity index (χ3v) is 6.57. The summed E-state index contributed by atoms with van der Waals surface area (Å²) in [5, 5.41) is 3.21. The standard InChI is InChI=1S/C19H27N5OS/c1-14-4-3-5-15(2)24(14)17(25)12-22-7-9-23(10-8-22)18-16-6-11-26-19(16)21-13-20-18/h6,11,13-15H,3-5,7-10,12H2,1-2H3. The molecule has 140 valence electrons. The van der Waals surface area contributed by atoms with Crippen LogP contribution in [0.5, 0.6) is 0 Å². The van der Waals surface area contributed by atoms with Gasteiger partial charge in [-0.1, -0.05) is 0 Å². The van der Waals surface area contributed by atoms with Crippen molar-refractivity contribution in [2.24, 2.45) is 0 Å². The lowest BCUT2D eigenvalue weighted by Gasteiger charge is -2.41. The molecular formula is C19H27N5OS. The summed E-state index contributed by atoms with van der Waals surface area (Å²) in [6, 6.07) is 2.85. The van der Waals surface area contributed by atoms with Crippen molar-refractivity contribution in [1.82, 2.24) is 19.8 Å². The third-order valence-electron chi connectivity index (χ3n) is 5.75. The number of aromatic nitrogens is 2. The van der Waals surface area contributed by atoms with E-state index in [1.165, 1.54) is 6.42 Å². The Bertz CT molecular complexity index is 760. The van der Waals surface area contributed by atoms with Crippen molar-refractivity contribution in [3.05, 3.63) is 17.8 Å². The lowest BCUT2D eigenvalue weighted by atomic mass is 9.97. The Morgan fingerprint density at radius 3 is 2.62 bits per heavy atom. The number of hydrogen-bond donors (Lipinski definition) is 0. The second kappa shape index (κ2) is 7.48. The van der Waals surface area contributed by atoms with Crippen LogP contribution in [0.4, 0.5) is 5.82 Å². The number of likely N-dealkylation sites (tertiary alicyclic amines) is 1. The fraction of sp³-hybridized carbons (Fsp3) is 0.632. The van der Waals surface area contributed by atoms with E-state index in [4.69, 9.17) is 0 Å². The summed E-state index contributed by atoms with van der Waals surface area (Å²) < 4.78 is 0. The van der Waals surface area contributed by atoms with E-state index in [9.17, 15) is 4.79 Å². The van der Waals surface area contributed by atoms with Gasteiger partial charge in [0.2, 0.25) is 5.91 Å². The molecule has 1 amide bonds. The van der Waals surface area contributed by atoms with Crippen molar-refractivity contribution in [3.8, 4) is 0 Å². The second-order valence-corrected chi connectivity index (χ2v) is 8.42. The van der Waals surface area contributed by atoms with Crippen molar-refractivity contribution in [2.75, 3.05) is 37.6 Å². The highest BCUT2D eigenvalue weighted by molar-refractivity contribution is 7.16. The molecule has 7 heteroatoms. The van der Waals surface area contributed by atoms with E-state index >= 15 is 0 Å². The van der Waals surface area contributed by atoms with Crippen LogP contribution in [-0.4, -0.2) is 70.5 Å². The van der Waals surface area contributed by atoms with Gasteiger partial charge in [0, 0.05) is 38.3 Å². The molecule has 0 N–H and O–H groups in total. The molecule has 0 saturated carbocycles. The quantitative estimate of drug-likeness (QED) is 0.828. The molecule has 2 aliphatic rings. The predicted octanol–water partition coefficient (Wildman–Crippen LogP) is 2.60. The second-order valence-electron chi connectivity index (χ2n) is 7.53. The Morgan fingerprint density at radius 1 is 1.15 bits per heavy atom. The van der Waals surface area contributed by atoms with Gasteiger partial charge in [-0.15, -0.1) is 11.3 Å². The zero-order chi connectivity index (χ0) is 18.1. The van der Waals surface area contributed by atoms with Gasteiger partial charge in [-0.2, -0.15) is 0 Å². The number of hydrogen-bond acceptors (Lipinski definition) is 6. The van der Waals surface area contributed by atoms with Gasteiger partial charge in [0.1, 0.15) is 17.0 Å². The monoisotopic (exact) mass is 373 g/mol. The van der Waals surface area contributed by atoms with Gasteiger partial charge in [-0.25, -0.2) is 9.97 Å². The molecule has 0 bridgehead atoms. The molecule has 26 heavy (non-hydrogen) atoms. The number of piperazine rings is 1. The van der Waals surface area contributed by atoms with Gasteiger partial charge < -0.3 is 9.80 Å². The number of rotatable bonds is 3. The summed E-state index contributed by atoms with van der Waals surface area (Å²) in [6.45, 7) is 8.52. The highest BCUT2D eigenvalue weighted by Crippen LogP contribution is 2.27. The predicted molar refractivity (Wildman–Crippen MR) is 106 cm³/mol. The average Bonchev–Trinajstić information content (AvgIpc) is 3.11. The molecule has 0 radical (unpaired) electrons. The van der Waals surface area contributed by atoms with Gasteiger partial charge in [0.25, 0.3) is 0 Å². The van der Waals surface area contributed by atoms with E-state index in [-0.39, 0.29) is 0 Å². The Balaban J connectivity index is 1.36. The SMILES string of the molecule is CC1CCCC(C)N1C(=O)CN1CCN(c2ncnc3sccc23)CC1. The number of carbonyl (C=O) groups is 1. The van der Waals surface area contributed by atoms with Crippen LogP contribution in [0.25, 0.3) is 10.2 Å². The minimum Gasteiger partial charge on any atom is -0.353 e. The summed E-state index contributed by atoms with van der Waals surface area (Å²) in [7, 11) is 0. The molecule has 2 aliphatic heterocycles. The number of fused-ring (bicyclic) bond motifs is 1. The summed E-state index contributed by atoms with van der Waals surface area (Å²) in [5.41, 5.74) is 0. The van der Waals surface area contributed by atoms with Crippen LogP contribution in [0.3, 0.4) is 0 Å². The Morgan fingerprint density at radius 2 is 1.88 bits per heavy atom. The van der Waals surface area contributed by atoms with Crippen molar-refractivity contribution >= 4 is 33.3 Å². The Hall–Kier alpha value is -1.73. The molecule has 2 atom stereocenters. The first-order valence-electron chi connectivity index (χ1n) is 9.60. The van der Waals surface area contributed by atoms with E-state index in [0.717, 1.165) is 55.1 Å². The van der Waals surface area contributed by atoms with Crippen molar-refractivity contribution in [3.63, 3.8) is 0 Å². The molecule has 0 aliphatic carbocycles. The summed E-state index contributed by atoms with van der Waals surface area (Å²) in [6.07, 6.45) is 5.16. The molecule has 4 rings (SSSR count). The zero-order valence-electron chi connectivity index (χ0n) is 15.6. The number of anilines is 1. The maximum atomic E-state index is 12.8. The van der Waals surface area contributed by atoms with Crippen LogP contribution in [0.1, 0.15) is 33.1 Å². The van der Waals surface area contributed by atoms with Crippen LogP contribution in [0, 0.1) is 0 Å². The van der Waals surface area contributed by atoms with E-state index in [2.05, 4.69) is 50.0 Å². The van der Waals surface area contributed by atoms with Crippen LogP contribution in [0.15, 0.2) is 17.8 Å². The highest BCUT2D eigenvalue weighted by atomic mass is 32.1. The first-order chi connectivity index (χ1) is 12.6. The minimum atomic E-state index is 0.292. The van der Waals surface area contributed by atoms with Gasteiger partial charge in [0.15, 0.2) is 0 Å². The molecule has 4 heterocycles. The molecular weight excluding hydrogens is 346 g/mol. The number of piperidine rings is 1. The van der Waals surface area contributed by atoms with Gasteiger partial charge in [-0.3, -0.25) is 9.69 Å². The van der Waals surface area contributed by atoms with Crippen molar-refractivity contribution < 1.29 is 4.79 Å². The average molecular weight is 374 g/mol. The van der Waals surface area contributed by atoms with Crippen LogP contribution in [-0.2, 0) is 4.79 Å². The normalized spacial score (nSPS) is 25.0. The lowest BCUT2D eigenvalue weighted by Crippen LogP contribution is -2.54. The van der Waals surface area contributed by atoms with E-state index in [1.54, 1.807) is 17.7 Å². The van der Waals surface area contributed by atoms with Crippen molar-refractivity contribution in [2.45, 2.75) is 45.2 Å². The highest BCUT2D eigenvalue weighted by Gasteiger charge is 2.30. The largest absolute Gasteiger partial charge is 0.353 e. The fourth-order valence-corrected chi connectivity index (χ4v) is 5.06. The first kappa shape index (κ1) is 17.7. The minimum absolute atomic E-state index is 0.292. The van der Waals surface area contributed by atoms with E-state index in [1.807, 2.05) is 0 Å². The maximum absolute atomic E-state index is 12.8. The van der Waals surface area contributed by atoms with E-state index in [0.29, 0.717) is 24.5 Å². The fourth-order valence-electron chi connectivity index (χ4n) is 4.33. The lowest BCUT2D eigenvalue weighted by molar-refractivity contribution is -0.138. The molecule has 2 aromatic heterocycles. The topological polar surface area (TPSA) is 52.6 Å². The molecule has 0 spiro atoms. The maximum Gasteiger partial charge on any atom is 0.237 e. The zero-order valence-corrected chi connectivity index (χ0v) is 16.4. The summed E-state index contributed by atoms with van der Waals surface area (Å²) >= 11 is 1.65. The number of carbonyl (C=O) groups excluding carboxylic acids is 1. The van der Waals surface area contributed by atoms with Gasteiger partial charge in [0.05, 0.1) is 11.9 Å². The molecule has 2 fully saturated rings. The smallest absolute Gasteiger partial charge is 0.237 e. The van der Waals surface area contributed by atoms with Crippen LogP contribution >= 0.6 is 11.3 Å². The van der Waals surface area contributed by atoms with E-state index < -0.39 is 0 Å². The number of nitrogens with zero attached hydrogens (tertiary/aromatic N) is 5. The number of amides is 1. The van der Waals surface area contributed by atoms with Crippen molar-refractivity contribution in [1.29, 1.82) is 0 Å². The molecule has 2 saturated heterocycles. The third kappa shape index (κ3) is 3.42. The van der Waals surface area contributed by atoms with Crippen LogP contribution in [0.2, 0.25) is 0 Å².